The highest BCUT2D eigenvalue weighted by molar-refractivity contribution is 9.10. The molecule has 1 atom stereocenters. The van der Waals surface area contributed by atoms with Crippen LogP contribution in [-0.4, -0.2) is 50.0 Å². The van der Waals surface area contributed by atoms with Gasteiger partial charge < -0.3 is 10.2 Å². The molecule has 1 fully saturated rings. The molecule has 2 aromatic rings. The van der Waals surface area contributed by atoms with E-state index in [0.29, 0.717) is 20.7 Å². The third kappa shape index (κ3) is 7.44. The van der Waals surface area contributed by atoms with Gasteiger partial charge in [0.05, 0.1) is 11.9 Å². The van der Waals surface area contributed by atoms with Crippen LogP contribution in [0.15, 0.2) is 53.0 Å². The van der Waals surface area contributed by atoms with Crippen LogP contribution >= 0.6 is 27.5 Å². The van der Waals surface area contributed by atoms with E-state index < -0.39 is 28.5 Å². The monoisotopic (exact) mass is 583 g/mol. The van der Waals surface area contributed by atoms with Crippen molar-refractivity contribution in [3.63, 3.8) is 0 Å². The average molecular weight is 585 g/mol. The summed E-state index contributed by atoms with van der Waals surface area (Å²) in [5.74, 6) is -0.763. The molecule has 7 nitrogen and oxygen atoms in total. The van der Waals surface area contributed by atoms with Gasteiger partial charge in [-0.1, -0.05) is 61.2 Å². The molecular weight excluding hydrogens is 554 g/mol. The third-order valence-corrected chi connectivity index (χ3v) is 8.38. The predicted molar refractivity (Wildman–Crippen MR) is 143 cm³/mol. The fourth-order valence-corrected chi connectivity index (χ4v) is 5.88. The number of halogens is 2. The quantitative estimate of drug-likeness (QED) is 0.462. The molecule has 1 aliphatic carbocycles. The topological polar surface area (TPSA) is 86.8 Å². The van der Waals surface area contributed by atoms with E-state index in [0.717, 1.165) is 42.7 Å². The number of carbonyl (C=O) groups is 2. The fourth-order valence-electron chi connectivity index (χ4n) is 4.21. The van der Waals surface area contributed by atoms with Gasteiger partial charge in [0.25, 0.3) is 0 Å². The summed E-state index contributed by atoms with van der Waals surface area (Å²) < 4.78 is 26.9. The molecule has 0 saturated heterocycles. The highest BCUT2D eigenvalue weighted by Gasteiger charge is 2.32. The maximum Gasteiger partial charge on any atom is 0.244 e. The number of hydrogen-bond donors (Lipinski definition) is 1. The Morgan fingerprint density at radius 1 is 1.09 bits per heavy atom. The molecule has 0 bridgehead atoms. The number of sulfonamides is 1. The van der Waals surface area contributed by atoms with Crippen molar-refractivity contribution in [2.75, 3.05) is 17.1 Å². The molecule has 3 rings (SSSR count). The lowest BCUT2D eigenvalue weighted by molar-refractivity contribution is -0.139. The van der Waals surface area contributed by atoms with Crippen molar-refractivity contribution in [1.82, 2.24) is 10.2 Å². The molecule has 1 aliphatic rings. The molecule has 0 heterocycles. The van der Waals surface area contributed by atoms with E-state index in [1.54, 1.807) is 55.5 Å². The van der Waals surface area contributed by atoms with Crippen LogP contribution < -0.4 is 9.62 Å². The number of hydrogen-bond acceptors (Lipinski definition) is 4. The molecule has 0 aromatic heterocycles. The fraction of sp³-hybridized carbons (Fsp3) is 0.440. The molecule has 10 heteroatoms. The standard InChI is InChI=1S/C25H31BrClN3O4S/c1-18(25(32)28-20-11-4-3-5-12-20)29(16-19-10-6-8-14-22(19)27)24(31)17-30(35(2,33)34)23-15-9-7-13-21(23)26/h6-10,13-15,18,20H,3-5,11-12,16-17H2,1-2H3,(H,28,32). The van der Waals surface area contributed by atoms with Gasteiger partial charge in [-0.15, -0.1) is 0 Å². The van der Waals surface area contributed by atoms with Crippen molar-refractivity contribution in [3.8, 4) is 0 Å². The smallest absolute Gasteiger partial charge is 0.244 e. The van der Waals surface area contributed by atoms with Gasteiger partial charge in [0.1, 0.15) is 12.6 Å². The van der Waals surface area contributed by atoms with Gasteiger partial charge in [-0.3, -0.25) is 13.9 Å². The van der Waals surface area contributed by atoms with Gasteiger partial charge in [0.15, 0.2) is 0 Å². The Hall–Kier alpha value is -2.10. The Bertz CT molecular complexity index is 1150. The van der Waals surface area contributed by atoms with Crippen molar-refractivity contribution >= 4 is 55.1 Å². The minimum Gasteiger partial charge on any atom is -0.352 e. The van der Waals surface area contributed by atoms with E-state index in [2.05, 4.69) is 21.2 Å². The Morgan fingerprint density at radius 2 is 1.71 bits per heavy atom. The van der Waals surface area contributed by atoms with Crippen molar-refractivity contribution in [2.45, 2.75) is 57.7 Å². The van der Waals surface area contributed by atoms with Crippen LogP contribution in [0.3, 0.4) is 0 Å². The van der Waals surface area contributed by atoms with Gasteiger partial charge in [-0.25, -0.2) is 8.42 Å². The first-order valence-electron chi connectivity index (χ1n) is 11.6. The molecule has 190 valence electrons. The molecule has 2 aromatic carbocycles. The Morgan fingerprint density at radius 3 is 2.34 bits per heavy atom. The van der Waals surface area contributed by atoms with E-state index in [-0.39, 0.29) is 18.5 Å². The average Bonchev–Trinajstić information content (AvgIpc) is 2.82. The van der Waals surface area contributed by atoms with Crippen LogP contribution in [-0.2, 0) is 26.2 Å². The number of amides is 2. The van der Waals surface area contributed by atoms with E-state index in [9.17, 15) is 18.0 Å². The normalized spacial score (nSPS) is 15.3. The summed E-state index contributed by atoms with van der Waals surface area (Å²) >= 11 is 9.73. The molecule has 2 amide bonds. The third-order valence-electron chi connectivity index (χ3n) is 6.22. The summed E-state index contributed by atoms with van der Waals surface area (Å²) in [6.45, 7) is 1.29. The van der Waals surface area contributed by atoms with Gasteiger partial charge in [-0.2, -0.15) is 0 Å². The maximum atomic E-state index is 13.6. The lowest BCUT2D eigenvalue weighted by atomic mass is 9.95. The second kappa shape index (κ2) is 12.2. The minimum absolute atomic E-state index is 0.0747. The summed E-state index contributed by atoms with van der Waals surface area (Å²) in [6, 6.07) is 13.2. The SMILES string of the molecule is CC(C(=O)NC1CCCCC1)N(Cc1ccccc1Cl)C(=O)CN(c1ccccc1Br)S(C)(=O)=O. The molecule has 0 spiro atoms. The zero-order valence-electron chi connectivity index (χ0n) is 19.9. The molecule has 35 heavy (non-hydrogen) atoms. The number of anilines is 1. The largest absolute Gasteiger partial charge is 0.352 e. The molecule has 1 saturated carbocycles. The summed E-state index contributed by atoms with van der Waals surface area (Å²) in [5.41, 5.74) is 1.02. The first-order valence-corrected chi connectivity index (χ1v) is 14.7. The molecule has 0 aliphatic heterocycles. The number of nitrogens with zero attached hydrogens (tertiary/aromatic N) is 2. The van der Waals surface area contributed by atoms with Crippen LogP contribution in [0.2, 0.25) is 5.02 Å². The molecule has 0 radical (unpaired) electrons. The van der Waals surface area contributed by atoms with Crippen LogP contribution in [0.4, 0.5) is 5.69 Å². The van der Waals surface area contributed by atoms with Crippen LogP contribution in [0.25, 0.3) is 0 Å². The Balaban J connectivity index is 1.89. The zero-order chi connectivity index (χ0) is 25.6. The van der Waals surface area contributed by atoms with Crippen molar-refractivity contribution in [1.29, 1.82) is 0 Å². The van der Waals surface area contributed by atoms with Gasteiger partial charge >= 0.3 is 0 Å². The number of carbonyl (C=O) groups excluding carboxylic acids is 2. The summed E-state index contributed by atoms with van der Waals surface area (Å²) in [5, 5.41) is 3.54. The lowest BCUT2D eigenvalue weighted by Gasteiger charge is -2.33. The van der Waals surface area contributed by atoms with Gasteiger partial charge in [-0.05, 0) is 59.5 Å². The van der Waals surface area contributed by atoms with Crippen LogP contribution in [0.1, 0.15) is 44.6 Å². The molecule has 1 unspecified atom stereocenters. The molecular formula is C25H31BrClN3O4S. The second-order valence-corrected chi connectivity index (χ2v) is 12.0. The van der Waals surface area contributed by atoms with Gasteiger partial charge in [0, 0.05) is 22.1 Å². The highest BCUT2D eigenvalue weighted by atomic mass is 79.9. The summed E-state index contributed by atoms with van der Waals surface area (Å²) in [6.07, 6.45) is 6.18. The summed E-state index contributed by atoms with van der Waals surface area (Å²) in [7, 11) is -3.79. The summed E-state index contributed by atoms with van der Waals surface area (Å²) in [4.78, 5) is 28.2. The number of para-hydroxylation sites is 1. The Kier molecular flexibility index (Phi) is 9.61. The lowest BCUT2D eigenvalue weighted by Crippen LogP contribution is -2.53. The predicted octanol–water partition coefficient (Wildman–Crippen LogP) is 4.73. The van der Waals surface area contributed by atoms with E-state index in [1.165, 1.54) is 4.90 Å². The first kappa shape index (κ1) is 27.5. The van der Waals surface area contributed by atoms with Crippen LogP contribution in [0, 0.1) is 0 Å². The van der Waals surface area contributed by atoms with E-state index in [1.807, 2.05) is 0 Å². The molecule has 1 N–H and O–H groups in total. The number of rotatable bonds is 9. The minimum atomic E-state index is -3.79. The van der Waals surface area contributed by atoms with E-state index >= 15 is 0 Å². The maximum absolute atomic E-state index is 13.6. The second-order valence-electron chi connectivity index (χ2n) is 8.85. The first-order chi connectivity index (χ1) is 16.6. The van der Waals surface area contributed by atoms with E-state index in [4.69, 9.17) is 11.6 Å². The van der Waals surface area contributed by atoms with Crippen molar-refractivity contribution < 1.29 is 18.0 Å². The van der Waals surface area contributed by atoms with Gasteiger partial charge in [0.2, 0.25) is 21.8 Å². The van der Waals surface area contributed by atoms with Crippen molar-refractivity contribution in [3.05, 3.63) is 63.6 Å². The Labute approximate surface area is 221 Å². The highest BCUT2D eigenvalue weighted by Crippen LogP contribution is 2.28. The van der Waals surface area contributed by atoms with Crippen LogP contribution in [0.5, 0.6) is 0 Å². The number of benzene rings is 2. The number of nitrogens with one attached hydrogen (secondary N) is 1. The van der Waals surface area contributed by atoms with Crippen molar-refractivity contribution in [2.24, 2.45) is 0 Å². The zero-order valence-corrected chi connectivity index (χ0v) is 23.1.